The average Bonchev–Trinajstić information content (AvgIpc) is 2.78. The van der Waals surface area contributed by atoms with Crippen molar-refractivity contribution in [1.82, 2.24) is 19.5 Å². The SMILES string of the molecule is CCCn1ccnc1Cc1nccnc1NC. The van der Waals surface area contributed by atoms with E-state index in [9.17, 15) is 0 Å². The fourth-order valence-corrected chi connectivity index (χ4v) is 1.81. The maximum atomic E-state index is 4.37. The highest BCUT2D eigenvalue weighted by atomic mass is 15.1. The van der Waals surface area contributed by atoms with Crippen LogP contribution >= 0.6 is 0 Å². The van der Waals surface area contributed by atoms with E-state index in [1.54, 1.807) is 12.4 Å². The first-order chi connectivity index (χ1) is 8.35. The molecule has 2 aromatic heterocycles. The van der Waals surface area contributed by atoms with Crippen LogP contribution in [0.2, 0.25) is 0 Å². The monoisotopic (exact) mass is 231 g/mol. The smallest absolute Gasteiger partial charge is 0.147 e. The average molecular weight is 231 g/mol. The van der Waals surface area contributed by atoms with E-state index in [4.69, 9.17) is 0 Å². The molecule has 0 aromatic carbocycles. The minimum atomic E-state index is 0.705. The van der Waals surface area contributed by atoms with Crippen LogP contribution in [0.4, 0.5) is 5.82 Å². The lowest BCUT2D eigenvalue weighted by atomic mass is 10.2. The summed E-state index contributed by atoms with van der Waals surface area (Å²) < 4.78 is 2.16. The Kier molecular flexibility index (Phi) is 3.69. The number of aromatic nitrogens is 4. The number of nitrogens with one attached hydrogen (secondary N) is 1. The van der Waals surface area contributed by atoms with E-state index in [1.807, 2.05) is 19.4 Å². The van der Waals surface area contributed by atoms with Crippen molar-refractivity contribution in [2.45, 2.75) is 26.3 Å². The molecular weight excluding hydrogens is 214 g/mol. The Morgan fingerprint density at radius 1 is 1.18 bits per heavy atom. The standard InChI is InChI=1S/C12H17N5/c1-3-7-17-8-6-15-11(17)9-10-12(13-2)16-5-4-14-10/h4-6,8H,3,7,9H2,1-2H3,(H,13,16). The van der Waals surface area contributed by atoms with Crippen molar-refractivity contribution in [3.05, 3.63) is 36.3 Å². The van der Waals surface area contributed by atoms with Crippen molar-refractivity contribution < 1.29 is 0 Å². The van der Waals surface area contributed by atoms with Gasteiger partial charge in [0.2, 0.25) is 0 Å². The Bertz CT molecular complexity index is 477. The molecule has 0 aliphatic rings. The molecule has 90 valence electrons. The predicted octanol–water partition coefficient (Wildman–Crippen LogP) is 1.72. The summed E-state index contributed by atoms with van der Waals surface area (Å²) in [5.74, 6) is 1.85. The number of aryl methyl sites for hydroxylation is 1. The van der Waals surface area contributed by atoms with Crippen LogP contribution in [0.1, 0.15) is 24.9 Å². The minimum absolute atomic E-state index is 0.705. The van der Waals surface area contributed by atoms with Gasteiger partial charge in [-0.15, -0.1) is 0 Å². The first-order valence-electron chi connectivity index (χ1n) is 5.82. The predicted molar refractivity (Wildman–Crippen MR) is 66.9 cm³/mol. The fraction of sp³-hybridized carbons (Fsp3) is 0.417. The summed E-state index contributed by atoms with van der Waals surface area (Å²) in [7, 11) is 1.85. The van der Waals surface area contributed by atoms with Gasteiger partial charge in [0.15, 0.2) is 0 Å². The molecule has 0 amide bonds. The van der Waals surface area contributed by atoms with Gasteiger partial charge >= 0.3 is 0 Å². The van der Waals surface area contributed by atoms with Crippen LogP contribution in [0.25, 0.3) is 0 Å². The molecule has 5 heteroatoms. The van der Waals surface area contributed by atoms with Gasteiger partial charge in [0.05, 0.1) is 12.1 Å². The number of rotatable bonds is 5. The van der Waals surface area contributed by atoms with Crippen LogP contribution in [0, 0.1) is 0 Å². The summed E-state index contributed by atoms with van der Waals surface area (Å²) >= 11 is 0. The highest BCUT2D eigenvalue weighted by Crippen LogP contribution is 2.12. The summed E-state index contributed by atoms with van der Waals surface area (Å²) in [6, 6.07) is 0. The van der Waals surface area contributed by atoms with Gasteiger partial charge in [-0.2, -0.15) is 0 Å². The van der Waals surface area contributed by atoms with Gasteiger partial charge in [0.1, 0.15) is 11.6 Å². The summed E-state index contributed by atoms with van der Waals surface area (Å²) in [6.45, 7) is 3.15. The highest BCUT2D eigenvalue weighted by Gasteiger charge is 2.08. The van der Waals surface area contributed by atoms with Gasteiger partial charge in [-0.25, -0.2) is 9.97 Å². The van der Waals surface area contributed by atoms with Crippen LogP contribution in [0.5, 0.6) is 0 Å². The summed E-state index contributed by atoms with van der Waals surface area (Å²) in [5.41, 5.74) is 0.929. The molecule has 0 fully saturated rings. The Hall–Kier alpha value is -1.91. The topological polar surface area (TPSA) is 55.6 Å². The first kappa shape index (κ1) is 11.6. The number of nitrogens with zero attached hydrogens (tertiary/aromatic N) is 4. The zero-order valence-corrected chi connectivity index (χ0v) is 10.2. The maximum Gasteiger partial charge on any atom is 0.147 e. The number of imidazole rings is 1. The van der Waals surface area contributed by atoms with Gasteiger partial charge < -0.3 is 9.88 Å². The lowest BCUT2D eigenvalue weighted by Crippen LogP contribution is -2.07. The maximum absolute atomic E-state index is 4.37. The Morgan fingerprint density at radius 2 is 2.00 bits per heavy atom. The molecule has 0 bridgehead atoms. The molecule has 0 unspecified atom stereocenters. The Morgan fingerprint density at radius 3 is 2.76 bits per heavy atom. The number of anilines is 1. The number of hydrogen-bond acceptors (Lipinski definition) is 4. The molecule has 0 saturated heterocycles. The van der Waals surface area contributed by atoms with Crippen LogP contribution in [0.15, 0.2) is 24.8 Å². The van der Waals surface area contributed by atoms with Crippen molar-refractivity contribution in [2.75, 3.05) is 12.4 Å². The third kappa shape index (κ3) is 2.61. The third-order valence-corrected chi connectivity index (χ3v) is 2.60. The van der Waals surface area contributed by atoms with Crippen molar-refractivity contribution >= 4 is 5.82 Å². The van der Waals surface area contributed by atoms with E-state index in [-0.39, 0.29) is 0 Å². The molecule has 0 aliphatic heterocycles. The molecule has 2 rings (SSSR count). The third-order valence-electron chi connectivity index (χ3n) is 2.60. The van der Waals surface area contributed by atoms with E-state index >= 15 is 0 Å². The van der Waals surface area contributed by atoms with Crippen molar-refractivity contribution in [2.24, 2.45) is 0 Å². The van der Waals surface area contributed by atoms with Crippen LogP contribution in [0.3, 0.4) is 0 Å². The zero-order chi connectivity index (χ0) is 12.1. The van der Waals surface area contributed by atoms with Gasteiger partial charge in [-0.05, 0) is 6.42 Å². The van der Waals surface area contributed by atoms with Crippen molar-refractivity contribution in [3.8, 4) is 0 Å². The molecule has 0 saturated carbocycles. The van der Waals surface area contributed by atoms with Crippen LogP contribution < -0.4 is 5.32 Å². The van der Waals surface area contributed by atoms with Crippen molar-refractivity contribution in [1.29, 1.82) is 0 Å². The van der Waals surface area contributed by atoms with Crippen LogP contribution in [-0.4, -0.2) is 26.6 Å². The van der Waals surface area contributed by atoms with Gasteiger partial charge in [0, 0.05) is 38.4 Å². The quantitative estimate of drug-likeness (QED) is 0.851. The summed E-state index contributed by atoms with van der Waals surface area (Å²) in [4.78, 5) is 13.0. The minimum Gasteiger partial charge on any atom is -0.372 e. The molecule has 2 heterocycles. The first-order valence-corrected chi connectivity index (χ1v) is 5.82. The molecule has 1 N–H and O–H groups in total. The lowest BCUT2D eigenvalue weighted by Gasteiger charge is -2.08. The number of hydrogen-bond donors (Lipinski definition) is 1. The molecule has 5 nitrogen and oxygen atoms in total. The van der Waals surface area contributed by atoms with Gasteiger partial charge in [-0.1, -0.05) is 6.92 Å². The molecule has 17 heavy (non-hydrogen) atoms. The second-order valence-electron chi connectivity index (χ2n) is 3.82. The Balaban J connectivity index is 2.22. The van der Waals surface area contributed by atoms with Crippen LogP contribution in [-0.2, 0) is 13.0 Å². The molecule has 0 atom stereocenters. The van der Waals surface area contributed by atoms with E-state index in [2.05, 4.69) is 31.8 Å². The summed E-state index contributed by atoms with van der Waals surface area (Å²) in [5, 5.41) is 3.05. The molecule has 0 radical (unpaired) electrons. The summed E-state index contributed by atoms with van der Waals surface area (Å²) in [6.07, 6.45) is 9.05. The van der Waals surface area contributed by atoms with E-state index in [0.717, 1.165) is 30.3 Å². The second kappa shape index (κ2) is 5.43. The van der Waals surface area contributed by atoms with E-state index in [0.29, 0.717) is 6.42 Å². The van der Waals surface area contributed by atoms with Crippen molar-refractivity contribution in [3.63, 3.8) is 0 Å². The molecule has 0 spiro atoms. The zero-order valence-electron chi connectivity index (χ0n) is 10.2. The van der Waals surface area contributed by atoms with Gasteiger partial charge in [-0.3, -0.25) is 4.98 Å². The Labute approximate surface area is 101 Å². The fourth-order valence-electron chi connectivity index (χ4n) is 1.81. The normalized spacial score (nSPS) is 10.5. The molecular formula is C12H17N5. The largest absolute Gasteiger partial charge is 0.372 e. The highest BCUT2D eigenvalue weighted by molar-refractivity contribution is 5.39. The molecule has 2 aromatic rings. The van der Waals surface area contributed by atoms with E-state index < -0.39 is 0 Å². The lowest BCUT2D eigenvalue weighted by molar-refractivity contribution is 0.644. The molecule has 0 aliphatic carbocycles. The van der Waals surface area contributed by atoms with Gasteiger partial charge in [0.25, 0.3) is 0 Å². The van der Waals surface area contributed by atoms with E-state index in [1.165, 1.54) is 0 Å². The second-order valence-corrected chi connectivity index (χ2v) is 3.82.